The fourth-order valence-electron chi connectivity index (χ4n) is 1.61. The topological polar surface area (TPSA) is 46.3 Å². The summed E-state index contributed by atoms with van der Waals surface area (Å²) in [7, 11) is 0. The zero-order valence-corrected chi connectivity index (χ0v) is 12.9. The van der Waals surface area contributed by atoms with Gasteiger partial charge in [-0.15, -0.1) is 0 Å². The molecule has 1 amide bonds. The number of amides is 1. The van der Waals surface area contributed by atoms with Crippen molar-refractivity contribution in [3.05, 3.63) is 34.3 Å². The summed E-state index contributed by atoms with van der Waals surface area (Å²) in [6.07, 6.45) is 0.549. The maximum atomic E-state index is 12.4. The number of hydrogen-bond acceptors (Lipinski definition) is 2. The molecule has 18 heavy (non-hydrogen) atoms. The van der Waals surface area contributed by atoms with E-state index in [9.17, 15) is 4.79 Å². The van der Waals surface area contributed by atoms with Gasteiger partial charge in [-0.3, -0.25) is 4.79 Å². The second-order valence-corrected chi connectivity index (χ2v) is 5.76. The molecule has 1 aromatic rings. The summed E-state index contributed by atoms with van der Waals surface area (Å²) in [5.74, 6) is 0.00236. The van der Waals surface area contributed by atoms with Crippen LogP contribution in [0.3, 0.4) is 0 Å². The number of benzene rings is 1. The van der Waals surface area contributed by atoms with Crippen molar-refractivity contribution in [3.8, 4) is 0 Å². The monoisotopic (exact) mass is 328 g/mol. The molecule has 3 nitrogen and oxygen atoms in total. The minimum atomic E-state index is 0.00236. The Labute approximate surface area is 121 Å². The second kappa shape index (κ2) is 6.85. The first-order chi connectivity index (χ1) is 8.41. The number of hydrogen-bond donors (Lipinski definition) is 1. The van der Waals surface area contributed by atoms with Crippen molar-refractivity contribution in [1.29, 1.82) is 0 Å². The Bertz CT molecular complexity index is 448. The predicted molar refractivity (Wildman–Crippen MR) is 81.7 cm³/mol. The molecule has 1 rings (SSSR count). The third-order valence-electron chi connectivity index (χ3n) is 2.55. The number of thiocarbonyl (C=S) groups is 1. The van der Waals surface area contributed by atoms with Crippen LogP contribution in [0.25, 0.3) is 0 Å². The van der Waals surface area contributed by atoms with Gasteiger partial charge in [0.05, 0.1) is 4.99 Å². The molecule has 0 unspecified atom stereocenters. The van der Waals surface area contributed by atoms with Gasteiger partial charge < -0.3 is 10.6 Å². The first kappa shape index (κ1) is 15.1. The number of nitrogens with two attached hydrogens (primary N) is 1. The van der Waals surface area contributed by atoms with Crippen molar-refractivity contribution in [3.63, 3.8) is 0 Å². The summed E-state index contributed by atoms with van der Waals surface area (Å²) in [6, 6.07) is 7.49. The largest absolute Gasteiger partial charge is 0.393 e. The molecule has 0 aromatic heterocycles. The van der Waals surface area contributed by atoms with Gasteiger partial charge in [-0.1, -0.05) is 34.2 Å². The predicted octanol–water partition coefficient (Wildman–Crippen LogP) is 2.98. The van der Waals surface area contributed by atoms with E-state index in [4.69, 9.17) is 18.0 Å². The molecule has 0 aliphatic rings. The highest BCUT2D eigenvalue weighted by atomic mass is 79.9. The highest BCUT2D eigenvalue weighted by molar-refractivity contribution is 9.10. The van der Waals surface area contributed by atoms with Crippen LogP contribution < -0.4 is 5.73 Å². The van der Waals surface area contributed by atoms with Gasteiger partial charge in [-0.25, -0.2) is 0 Å². The molecule has 0 fully saturated rings. The Morgan fingerprint density at radius 1 is 1.50 bits per heavy atom. The van der Waals surface area contributed by atoms with Crippen LogP contribution >= 0.6 is 28.1 Å². The Balaban J connectivity index is 2.85. The Kier molecular flexibility index (Phi) is 5.75. The van der Waals surface area contributed by atoms with Gasteiger partial charge in [0, 0.05) is 29.0 Å². The van der Waals surface area contributed by atoms with E-state index in [0.717, 1.165) is 4.47 Å². The molecule has 0 aliphatic carbocycles. The van der Waals surface area contributed by atoms with Crippen LogP contribution in [0.15, 0.2) is 28.7 Å². The normalized spacial score (nSPS) is 10.4. The summed E-state index contributed by atoms with van der Waals surface area (Å²) < 4.78 is 0.895. The third-order valence-corrected chi connectivity index (χ3v) is 3.25. The molecule has 0 saturated heterocycles. The molecule has 0 atom stereocenters. The Morgan fingerprint density at radius 2 is 2.17 bits per heavy atom. The molecule has 0 bridgehead atoms. The Morgan fingerprint density at radius 3 is 2.67 bits per heavy atom. The molecule has 0 aliphatic heterocycles. The van der Waals surface area contributed by atoms with E-state index in [1.54, 1.807) is 4.90 Å². The molecule has 2 N–H and O–H groups in total. The fourth-order valence-corrected chi connectivity index (χ4v) is 2.10. The third kappa shape index (κ3) is 4.38. The van der Waals surface area contributed by atoms with E-state index >= 15 is 0 Å². The van der Waals surface area contributed by atoms with Gasteiger partial charge in [0.2, 0.25) is 0 Å². The van der Waals surface area contributed by atoms with Gasteiger partial charge in [-0.2, -0.15) is 0 Å². The lowest BCUT2D eigenvalue weighted by atomic mass is 10.1. The van der Waals surface area contributed by atoms with Crippen LogP contribution in [0.4, 0.5) is 0 Å². The lowest BCUT2D eigenvalue weighted by molar-refractivity contribution is 0.0711. The summed E-state index contributed by atoms with van der Waals surface area (Å²) in [6.45, 7) is 4.52. The number of nitrogens with zero attached hydrogens (tertiary/aromatic N) is 1. The highest BCUT2D eigenvalue weighted by Crippen LogP contribution is 2.15. The minimum Gasteiger partial charge on any atom is -0.393 e. The SMILES string of the molecule is CC(C)N(CCC(N)=S)C(=O)c1cccc(Br)c1. The maximum Gasteiger partial charge on any atom is 0.254 e. The average molecular weight is 329 g/mol. The van der Waals surface area contributed by atoms with Gasteiger partial charge in [0.25, 0.3) is 5.91 Å². The van der Waals surface area contributed by atoms with Crippen molar-refractivity contribution in [2.75, 3.05) is 6.54 Å². The standard InChI is InChI=1S/C13H17BrN2OS/c1-9(2)16(7-6-12(15)18)13(17)10-4-3-5-11(14)8-10/h3-5,8-9H,6-7H2,1-2H3,(H2,15,18). The number of rotatable bonds is 5. The van der Waals surface area contributed by atoms with E-state index in [-0.39, 0.29) is 11.9 Å². The molecule has 0 saturated carbocycles. The van der Waals surface area contributed by atoms with Crippen LogP contribution in [0, 0.1) is 0 Å². The second-order valence-electron chi connectivity index (χ2n) is 4.32. The fraction of sp³-hybridized carbons (Fsp3) is 0.385. The van der Waals surface area contributed by atoms with Crippen molar-refractivity contribution in [2.45, 2.75) is 26.3 Å². The highest BCUT2D eigenvalue weighted by Gasteiger charge is 2.18. The lowest BCUT2D eigenvalue weighted by Crippen LogP contribution is -2.38. The smallest absolute Gasteiger partial charge is 0.254 e. The first-order valence-electron chi connectivity index (χ1n) is 5.76. The van der Waals surface area contributed by atoms with Crippen LogP contribution in [0.2, 0.25) is 0 Å². The van der Waals surface area contributed by atoms with Gasteiger partial charge in [0.15, 0.2) is 0 Å². The molecule has 98 valence electrons. The summed E-state index contributed by atoms with van der Waals surface area (Å²) in [5.41, 5.74) is 6.16. The number of carbonyl (C=O) groups is 1. The maximum absolute atomic E-state index is 12.4. The Hall–Kier alpha value is -0.940. The van der Waals surface area contributed by atoms with Crippen LogP contribution in [-0.2, 0) is 0 Å². The molecular weight excluding hydrogens is 312 g/mol. The van der Waals surface area contributed by atoms with E-state index in [1.165, 1.54) is 0 Å². The molecule has 5 heteroatoms. The van der Waals surface area contributed by atoms with Crippen molar-refractivity contribution in [1.82, 2.24) is 4.90 Å². The molecular formula is C13H17BrN2OS. The molecule has 0 heterocycles. The zero-order chi connectivity index (χ0) is 13.7. The van der Waals surface area contributed by atoms with Crippen LogP contribution in [-0.4, -0.2) is 28.4 Å². The molecule has 0 spiro atoms. The lowest BCUT2D eigenvalue weighted by Gasteiger charge is -2.26. The zero-order valence-electron chi connectivity index (χ0n) is 10.5. The number of halogens is 1. The van der Waals surface area contributed by atoms with Crippen LogP contribution in [0.1, 0.15) is 30.6 Å². The van der Waals surface area contributed by atoms with Crippen molar-refractivity contribution in [2.24, 2.45) is 5.73 Å². The quantitative estimate of drug-likeness (QED) is 0.845. The minimum absolute atomic E-state index is 0.00236. The summed E-state index contributed by atoms with van der Waals surface area (Å²) in [4.78, 5) is 14.6. The summed E-state index contributed by atoms with van der Waals surface area (Å²) >= 11 is 8.22. The van der Waals surface area contributed by atoms with E-state index < -0.39 is 0 Å². The van der Waals surface area contributed by atoms with Gasteiger partial charge in [-0.05, 0) is 32.0 Å². The first-order valence-corrected chi connectivity index (χ1v) is 6.96. The van der Waals surface area contributed by atoms with E-state index in [1.807, 2.05) is 38.1 Å². The van der Waals surface area contributed by atoms with Crippen LogP contribution in [0.5, 0.6) is 0 Å². The molecule has 0 radical (unpaired) electrons. The van der Waals surface area contributed by atoms with Crippen molar-refractivity contribution < 1.29 is 4.79 Å². The van der Waals surface area contributed by atoms with Crippen molar-refractivity contribution >= 4 is 39.0 Å². The summed E-state index contributed by atoms with van der Waals surface area (Å²) in [5, 5.41) is 0. The average Bonchev–Trinajstić information content (AvgIpc) is 2.28. The number of carbonyl (C=O) groups excluding carboxylic acids is 1. The molecule has 1 aromatic carbocycles. The van der Waals surface area contributed by atoms with Gasteiger partial charge >= 0.3 is 0 Å². The van der Waals surface area contributed by atoms with Gasteiger partial charge in [0.1, 0.15) is 0 Å². The van der Waals surface area contributed by atoms with E-state index in [2.05, 4.69) is 15.9 Å². The van der Waals surface area contributed by atoms with E-state index in [0.29, 0.717) is 23.5 Å².